The molecule has 7 heteroatoms. The maximum Gasteiger partial charge on any atom is 0.408 e. The molecule has 0 saturated heterocycles. The van der Waals surface area contributed by atoms with Crippen LogP contribution < -0.4 is 10.1 Å². The van der Waals surface area contributed by atoms with Crippen LogP contribution in [-0.2, 0) is 4.74 Å². The molecule has 1 aliphatic carbocycles. The first-order chi connectivity index (χ1) is 9.69. The van der Waals surface area contributed by atoms with Crippen molar-refractivity contribution in [3.63, 3.8) is 0 Å². The Morgan fingerprint density at radius 3 is 2.62 bits per heavy atom. The number of hydrogen-bond acceptors (Lipinski definition) is 4. The van der Waals surface area contributed by atoms with Crippen LogP contribution in [0.5, 0.6) is 5.88 Å². The highest BCUT2D eigenvalue weighted by Crippen LogP contribution is 2.37. The molecule has 21 heavy (non-hydrogen) atoms. The minimum atomic E-state index is -0.503. The van der Waals surface area contributed by atoms with Crippen LogP contribution in [0.25, 0.3) is 0 Å². The molecule has 0 aliphatic heterocycles. The van der Waals surface area contributed by atoms with Crippen molar-refractivity contribution in [3.05, 3.63) is 21.2 Å². The summed E-state index contributed by atoms with van der Waals surface area (Å²) in [7, 11) is 0. The van der Waals surface area contributed by atoms with E-state index < -0.39 is 11.7 Å². The highest BCUT2D eigenvalue weighted by Gasteiger charge is 2.46. The number of aromatic nitrogens is 1. The number of ether oxygens (including phenoxy) is 2. The summed E-state index contributed by atoms with van der Waals surface area (Å²) in [4.78, 5) is 16.0. The first-order valence-corrected chi connectivity index (χ1v) is 8.23. The number of carbonyl (C=O) groups is 1. The molecular formula is C14H18Br2N2O3. The minimum Gasteiger partial charge on any atom is -0.474 e. The van der Waals surface area contributed by atoms with Crippen LogP contribution in [0.15, 0.2) is 21.2 Å². The minimum absolute atomic E-state index is 0.337. The number of hydrogen-bond donors (Lipinski definition) is 1. The zero-order valence-corrected chi connectivity index (χ0v) is 15.4. The van der Waals surface area contributed by atoms with Crippen LogP contribution in [-0.4, -0.2) is 28.8 Å². The average molecular weight is 422 g/mol. The van der Waals surface area contributed by atoms with Crippen LogP contribution in [0.3, 0.4) is 0 Å². The van der Waals surface area contributed by atoms with Crippen LogP contribution in [0.4, 0.5) is 4.79 Å². The maximum atomic E-state index is 11.8. The summed E-state index contributed by atoms with van der Waals surface area (Å²) in [6.45, 7) is 5.89. The molecular weight excluding hydrogens is 404 g/mol. The van der Waals surface area contributed by atoms with Crippen molar-refractivity contribution >= 4 is 38.0 Å². The molecule has 1 aliphatic rings. The molecule has 0 aromatic carbocycles. The quantitative estimate of drug-likeness (QED) is 0.796. The van der Waals surface area contributed by atoms with Crippen molar-refractivity contribution in [3.8, 4) is 5.88 Å². The van der Waals surface area contributed by atoms with E-state index in [2.05, 4.69) is 42.2 Å². The van der Waals surface area contributed by atoms with Gasteiger partial charge in [-0.2, -0.15) is 0 Å². The number of amides is 1. The molecule has 5 nitrogen and oxygen atoms in total. The molecule has 1 saturated carbocycles. The van der Waals surface area contributed by atoms with E-state index in [-0.39, 0.29) is 5.54 Å². The summed E-state index contributed by atoms with van der Waals surface area (Å²) in [6.07, 6.45) is 3.01. The molecule has 0 bridgehead atoms. The Morgan fingerprint density at radius 1 is 1.43 bits per heavy atom. The molecule has 2 rings (SSSR count). The number of carbonyl (C=O) groups excluding carboxylic acids is 1. The van der Waals surface area contributed by atoms with Gasteiger partial charge in [0.05, 0.1) is 10.0 Å². The number of halogens is 2. The molecule has 1 fully saturated rings. The Morgan fingerprint density at radius 2 is 2.10 bits per heavy atom. The number of pyridine rings is 1. The molecule has 0 radical (unpaired) electrons. The lowest BCUT2D eigenvalue weighted by molar-refractivity contribution is 0.0476. The summed E-state index contributed by atoms with van der Waals surface area (Å²) < 4.78 is 12.6. The van der Waals surface area contributed by atoms with Crippen molar-refractivity contribution in [1.29, 1.82) is 0 Å². The van der Waals surface area contributed by atoms with E-state index in [1.807, 2.05) is 26.8 Å². The standard InChI is InChI=1S/C14H18Br2N2O3/c1-13(2,3)21-12(19)18-14(4-5-14)8-20-11-10(16)6-9(15)7-17-11/h6-7H,4-5,8H2,1-3H3,(H,18,19). The fourth-order valence-corrected chi connectivity index (χ4v) is 2.79. The van der Waals surface area contributed by atoms with Gasteiger partial charge in [-0.3, -0.25) is 0 Å². The van der Waals surface area contributed by atoms with Crippen molar-refractivity contribution in [2.45, 2.75) is 44.8 Å². The molecule has 1 amide bonds. The summed E-state index contributed by atoms with van der Waals surface area (Å²) in [6, 6.07) is 1.86. The fourth-order valence-electron chi connectivity index (χ4n) is 1.69. The molecule has 1 heterocycles. The van der Waals surface area contributed by atoms with Gasteiger partial charge < -0.3 is 14.8 Å². The first kappa shape index (κ1) is 16.5. The summed E-state index contributed by atoms with van der Waals surface area (Å²) in [5, 5.41) is 2.89. The molecule has 1 aromatic heterocycles. The van der Waals surface area contributed by atoms with Crippen molar-refractivity contribution in [1.82, 2.24) is 10.3 Å². The lowest BCUT2D eigenvalue weighted by Gasteiger charge is -2.23. The van der Waals surface area contributed by atoms with E-state index in [1.165, 1.54) is 0 Å². The van der Waals surface area contributed by atoms with Crippen molar-refractivity contribution < 1.29 is 14.3 Å². The van der Waals surface area contributed by atoms with E-state index >= 15 is 0 Å². The third-order valence-electron chi connectivity index (χ3n) is 2.88. The Labute approximate surface area is 141 Å². The van der Waals surface area contributed by atoms with Gasteiger partial charge in [0.25, 0.3) is 0 Å². The highest BCUT2D eigenvalue weighted by molar-refractivity contribution is 9.11. The number of rotatable bonds is 4. The van der Waals surface area contributed by atoms with Crippen LogP contribution in [0, 0.1) is 0 Å². The normalized spacial score (nSPS) is 16.2. The third kappa shape index (κ3) is 5.14. The Bertz CT molecular complexity index is 540. The van der Waals surface area contributed by atoms with Gasteiger partial charge in [0.15, 0.2) is 0 Å². The molecule has 0 atom stereocenters. The zero-order chi connectivity index (χ0) is 15.7. The predicted molar refractivity (Wildman–Crippen MR) is 86.5 cm³/mol. The monoisotopic (exact) mass is 420 g/mol. The van der Waals surface area contributed by atoms with E-state index in [4.69, 9.17) is 9.47 Å². The van der Waals surface area contributed by atoms with Crippen LogP contribution in [0.2, 0.25) is 0 Å². The summed E-state index contributed by atoms with van der Waals surface area (Å²) in [5.41, 5.74) is -0.839. The highest BCUT2D eigenvalue weighted by atomic mass is 79.9. The van der Waals surface area contributed by atoms with Gasteiger partial charge in [-0.25, -0.2) is 9.78 Å². The first-order valence-electron chi connectivity index (χ1n) is 6.64. The van der Waals surface area contributed by atoms with Gasteiger partial charge in [0.1, 0.15) is 12.2 Å². The molecule has 0 unspecified atom stereocenters. The largest absolute Gasteiger partial charge is 0.474 e. The van der Waals surface area contributed by atoms with Gasteiger partial charge in [-0.1, -0.05) is 0 Å². The second-order valence-electron chi connectivity index (χ2n) is 6.14. The predicted octanol–water partition coefficient (Wildman–Crippen LogP) is 4.04. The smallest absolute Gasteiger partial charge is 0.408 e. The van der Waals surface area contributed by atoms with E-state index in [9.17, 15) is 4.79 Å². The number of nitrogens with zero attached hydrogens (tertiary/aromatic N) is 1. The lowest BCUT2D eigenvalue weighted by Crippen LogP contribution is -2.44. The summed E-state index contributed by atoms with van der Waals surface area (Å²) in [5.74, 6) is 0.510. The van der Waals surface area contributed by atoms with Crippen molar-refractivity contribution in [2.24, 2.45) is 0 Å². The number of alkyl carbamates (subject to hydrolysis) is 1. The van der Waals surface area contributed by atoms with E-state index in [1.54, 1.807) is 6.20 Å². The lowest BCUT2D eigenvalue weighted by atomic mass is 10.2. The van der Waals surface area contributed by atoms with Crippen LogP contribution in [0.1, 0.15) is 33.6 Å². The topological polar surface area (TPSA) is 60.5 Å². The Hall–Kier alpha value is -0.820. The van der Waals surface area contributed by atoms with Gasteiger partial charge in [-0.15, -0.1) is 0 Å². The SMILES string of the molecule is CC(C)(C)OC(=O)NC1(COc2ncc(Br)cc2Br)CC1. The van der Waals surface area contributed by atoms with Gasteiger partial charge >= 0.3 is 6.09 Å². The Kier molecular flexibility index (Phi) is 4.82. The van der Waals surface area contributed by atoms with E-state index in [0.717, 1.165) is 21.8 Å². The second kappa shape index (κ2) is 6.12. The maximum absolute atomic E-state index is 11.8. The molecule has 116 valence electrons. The van der Waals surface area contributed by atoms with Gasteiger partial charge in [-0.05, 0) is 71.5 Å². The molecule has 0 spiro atoms. The van der Waals surface area contributed by atoms with Gasteiger partial charge in [0, 0.05) is 10.7 Å². The van der Waals surface area contributed by atoms with E-state index in [0.29, 0.717) is 12.5 Å². The molecule has 1 N–H and O–H groups in total. The van der Waals surface area contributed by atoms with Crippen molar-refractivity contribution in [2.75, 3.05) is 6.61 Å². The zero-order valence-electron chi connectivity index (χ0n) is 12.2. The third-order valence-corrected chi connectivity index (χ3v) is 3.88. The average Bonchev–Trinajstić information content (AvgIpc) is 3.05. The fraction of sp³-hybridized carbons (Fsp3) is 0.571. The van der Waals surface area contributed by atoms with Gasteiger partial charge in [0.2, 0.25) is 5.88 Å². The van der Waals surface area contributed by atoms with Crippen LogP contribution >= 0.6 is 31.9 Å². The summed E-state index contributed by atoms with van der Waals surface area (Å²) >= 11 is 6.73. The second-order valence-corrected chi connectivity index (χ2v) is 7.91. The Balaban J connectivity index is 1.89. The number of nitrogens with one attached hydrogen (secondary N) is 1. The molecule has 1 aromatic rings.